The fraction of sp³-hybridized carbons (Fsp3) is 0.278. The first-order valence-corrected chi connectivity index (χ1v) is 9.03. The molecule has 0 radical (unpaired) electrons. The third-order valence-corrected chi connectivity index (χ3v) is 5.49. The van der Waals surface area contributed by atoms with Crippen LogP contribution in [0.1, 0.15) is 39.7 Å². The van der Waals surface area contributed by atoms with E-state index in [4.69, 9.17) is 12.2 Å². The number of hydrogen-bond donors (Lipinski definition) is 2. The normalized spacial score (nSPS) is 15.9. The third-order valence-electron chi connectivity index (χ3n) is 4.11. The number of rotatable bonds is 2. The van der Waals surface area contributed by atoms with Crippen LogP contribution < -0.4 is 10.6 Å². The molecule has 0 spiro atoms. The molecule has 0 saturated carbocycles. The van der Waals surface area contributed by atoms with E-state index < -0.39 is 0 Å². The molecule has 1 aliphatic rings. The van der Waals surface area contributed by atoms with Crippen LogP contribution in [-0.4, -0.2) is 11.0 Å². The van der Waals surface area contributed by atoms with Gasteiger partial charge in [0.15, 0.2) is 5.11 Å². The average molecular weight is 355 g/mol. The summed E-state index contributed by atoms with van der Waals surface area (Å²) in [4.78, 5) is 13.4. The Kier molecular flexibility index (Phi) is 4.93. The van der Waals surface area contributed by atoms with Crippen molar-refractivity contribution < 1.29 is 4.79 Å². The summed E-state index contributed by atoms with van der Waals surface area (Å²) in [5, 5.41) is 16.1. The van der Waals surface area contributed by atoms with Crippen LogP contribution in [0.3, 0.4) is 0 Å². The number of nitrogens with one attached hydrogen (secondary N) is 2. The van der Waals surface area contributed by atoms with Gasteiger partial charge >= 0.3 is 0 Å². The number of anilines is 1. The summed E-state index contributed by atoms with van der Waals surface area (Å²) < 4.78 is 0. The highest BCUT2D eigenvalue weighted by Crippen LogP contribution is 2.39. The SMILES string of the molecule is CC1CCc2c(sc(NC(=S)NC(=O)c3ccccc3)c2C#N)C1. The zero-order valence-electron chi connectivity index (χ0n) is 13.3. The molecular formula is C18H17N3OS2. The summed E-state index contributed by atoms with van der Waals surface area (Å²) in [5.74, 6) is 0.377. The van der Waals surface area contributed by atoms with Crippen molar-refractivity contribution in [3.8, 4) is 6.07 Å². The second kappa shape index (κ2) is 7.12. The number of nitriles is 1. The minimum atomic E-state index is -0.262. The van der Waals surface area contributed by atoms with Crippen molar-refractivity contribution in [2.45, 2.75) is 26.2 Å². The van der Waals surface area contributed by atoms with E-state index in [1.54, 1.807) is 35.6 Å². The van der Waals surface area contributed by atoms with E-state index in [9.17, 15) is 10.1 Å². The van der Waals surface area contributed by atoms with Crippen molar-refractivity contribution in [1.29, 1.82) is 5.26 Å². The number of fused-ring (bicyclic) bond motifs is 1. The number of carbonyl (C=O) groups is 1. The first-order valence-electron chi connectivity index (χ1n) is 7.80. The quantitative estimate of drug-likeness (QED) is 0.803. The van der Waals surface area contributed by atoms with Gasteiger partial charge in [-0.15, -0.1) is 11.3 Å². The first kappa shape index (κ1) is 16.6. The van der Waals surface area contributed by atoms with Crippen LogP contribution in [0.2, 0.25) is 0 Å². The lowest BCUT2D eigenvalue weighted by Gasteiger charge is -2.17. The van der Waals surface area contributed by atoms with Crippen molar-refractivity contribution in [1.82, 2.24) is 5.32 Å². The van der Waals surface area contributed by atoms with Crippen LogP contribution in [0.5, 0.6) is 0 Å². The predicted molar refractivity (Wildman–Crippen MR) is 100 cm³/mol. The first-order chi connectivity index (χ1) is 11.6. The lowest BCUT2D eigenvalue weighted by Crippen LogP contribution is -2.34. The molecule has 1 heterocycles. The lowest BCUT2D eigenvalue weighted by atomic mass is 9.89. The van der Waals surface area contributed by atoms with Crippen LogP contribution in [0, 0.1) is 17.2 Å². The van der Waals surface area contributed by atoms with Gasteiger partial charge in [-0.1, -0.05) is 25.1 Å². The molecule has 1 amide bonds. The zero-order valence-corrected chi connectivity index (χ0v) is 14.9. The van der Waals surface area contributed by atoms with E-state index in [2.05, 4.69) is 23.6 Å². The number of carbonyl (C=O) groups excluding carboxylic acids is 1. The highest BCUT2D eigenvalue weighted by atomic mass is 32.1. The molecule has 0 bridgehead atoms. The molecule has 4 nitrogen and oxygen atoms in total. The van der Waals surface area contributed by atoms with Crippen LogP contribution in [0.15, 0.2) is 30.3 Å². The Bertz CT molecular complexity index is 821. The largest absolute Gasteiger partial charge is 0.323 e. The minimum absolute atomic E-state index is 0.215. The summed E-state index contributed by atoms with van der Waals surface area (Å²) in [6.07, 6.45) is 3.03. The molecule has 24 heavy (non-hydrogen) atoms. The van der Waals surface area contributed by atoms with Crippen molar-refractivity contribution in [2.75, 3.05) is 5.32 Å². The number of amides is 1. The van der Waals surface area contributed by atoms with Gasteiger partial charge in [-0.05, 0) is 55.1 Å². The van der Waals surface area contributed by atoms with Crippen molar-refractivity contribution >= 4 is 39.6 Å². The van der Waals surface area contributed by atoms with E-state index in [0.717, 1.165) is 29.8 Å². The van der Waals surface area contributed by atoms with Gasteiger partial charge in [-0.2, -0.15) is 5.26 Å². The molecule has 1 aliphatic carbocycles. The Labute approximate surface area is 150 Å². The summed E-state index contributed by atoms with van der Waals surface area (Å²) in [5.41, 5.74) is 2.35. The number of thiocarbonyl (C=S) groups is 1. The summed E-state index contributed by atoms with van der Waals surface area (Å²) in [6.45, 7) is 2.23. The minimum Gasteiger partial charge on any atom is -0.323 e. The second-order valence-corrected chi connectivity index (χ2v) is 7.46. The average Bonchev–Trinajstić information content (AvgIpc) is 2.91. The Hall–Kier alpha value is -2.23. The van der Waals surface area contributed by atoms with E-state index >= 15 is 0 Å². The maximum Gasteiger partial charge on any atom is 0.257 e. The van der Waals surface area contributed by atoms with Crippen LogP contribution in [0.4, 0.5) is 5.00 Å². The van der Waals surface area contributed by atoms with Gasteiger partial charge < -0.3 is 5.32 Å². The Morgan fingerprint density at radius 1 is 1.38 bits per heavy atom. The molecule has 1 unspecified atom stereocenters. The van der Waals surface area contributed by atoms with E-state index in [1.165, 1.54) is 4.88 Å². The molecule has 0 fully saturated rings. The number of thiophene rings is 1. The van der Waals surface area contributed by atoms with Crippen molar-refractivity contribution in [2.24, 2.45) is 5.92 Å². The fourth-order valence-electron chi connectivity index (χ4n) is 2.86. The lowest BCUT2D eigenvalue weighted by molar-refractivity contribution is 0.0977. The Balaban J connectivity index is 1.73. The van der Waals surface area contributed by atoms with E-state index in [1.807, 2.05) is 6.07 Å². The highest BCUT2D eigenvalue weighted by Gasteiger charge is 2.24. The molecule has 6 heteroatoms. The molecule has 2 aromatic rings. The monoisotopic (exact) mass is 355 g/mol. The molecular weight excluding hydrogens is 338 g/mol. The number of hydrogen-bond acceptors (Lipinski definition) is 4. The predicted octanol–water partition coefficient (Wildman–Crippen LogP) is 3.87. The molecule has 1 aromatic heterocycles. The highest BCUT2D eigenvalue weighted by molar-refractivity contribution is 7.80. The molecule has 0 saturated heterocycles. The number of nitrogens with zero attached hydrogens (tertiary/aromatic N) is 1. The molecule has 3 rings (SSSR count). The fourth-order valence-corrected chi connectivity index (χ4v) is 4.48. The maximum atomic E-state index is 12.1. The Morgan fingerprint density at radius 2 is 2.12 bits per heavy atom. The third kappa shape index (κ3) is 3.48. The van der Waals surface area contributed by atoms with Gasteiger partial charge in [0.1, 0.15) is 11.1 Å². The molecule has 1 atom stereocenters. The molecule has 122 valence electrons. The number of benzene rings is 1. The van der Waals surface area contributed by atoms with Gasteiger partial charge in [0.05, 0.1) is 5.56 Å². The standard InChI is InChI=1S/C18H17N3OS2/c1-11-7-8-13-14(10-19)17(24-15(13)9-11)21-18(23)20-16(22)12-5-3-2-4-6-12/h2-6,11H,7-9H2,1H3,(H2,20,21,22,23). The van der Waals surface area contributed by atoms with Crippen LogP contribution in [0.25, 0.3) is 0 Å². The van der Waals surface area contributed by atoms with Crippen LogP contribution in [-0.2, 0) is 12.8 Å². The second-order valence-electron chi connectivity index (χ2n) is 5.94. The zero-order chi connectivity index (χ0) is 17.1. The Morgan fingerprint density at radius 3 is 2.83 bits per heavy atom. The van der Waals surface area contributed by atoms with Gasteiger partial charge in [0.25, 0.3) is 5.91 Å². The van der Waals surface area contributed by atoms with Gasteiger partial charge in [0.2, 0.25) is 0 Å². The summed E-state index contributed by atoms with van der Waals surface area (Å²) in [7, 11) is 0. The topological polar surface area (TPSA) is 64.9 Å². The van der Waals surface area contributed by atoms with Gasteiger partial charge in [0, 0.05) is 10.4 Å². The van der Waals surface area contributed by atoms with Crippen LogP contribution >= 0.6 is 23.6 Å². The van der Waals surface area contributed by atoms with Gasteiger partial charge in [-0.25, -0.2) is 0 Å². The van der Waals surface area contributed by atoms with E-state index in [-0.39, 0.29) is 11.0 Å². The van der Waals surface area contributed by atoms with Crippen molar-refractivity contribution in [3.63, 3.8) is 0 Å². The molecule has 2 N–H and O–H groups in total. The molecule has 0 aliphatic heterocycles. The molecule has 1 aromatic carbocycles. The van der Waals surface area contributed by atoms with Gasteiger partial charge in [-0.3, -0.25) is 10.1 Å². The summed E-state index contributed by atoms with van der Waals surface area (Å²) >= 11 is 6.81. The maximum absolute atomic E-state index is 12.1. The summed E-state index contributed by atoms with van der Waals surface area (Å²) in [6, 6.07) is 11.2. The smallest absolute Gasteiger partial charge is 0.257 e. The van der Waals surface area contributed by atoms with E-state index in [0.29, 0.717) is 17.0 Å². The van der Waals surface area contributed by atoms with Crippen molar-refractivity contribution in [3.05, 3.63) is 51.9 Å².